The van der Waals surface area contributed by atoms with Gasteiger partial charge in [-0.3, -0.25) is 0 Å². The maximum Gasteiger partial charge on any atom is 0.338 e. The molecule has 0 bridgehead atoms. The summed E-state index contributed by atoms with van der Waals surface area (Å²) in [6.07, 6.45) is 7.37. The van der Waals surface area contributed by atoms with Crippen LogP contribution in [0, 0.1) is 0 Å². The summed E-state index contributed by atoms with van der Waals surface area (Å²) in [5, 5.41) is 2.89. The Hall–Kier alpha value is -2.30. The van der Waals surface area contributed by atoms with Gasteiger partial charge in [0, 0.05) is 18.3 Å². The van der Waals surface area contributed by atoms with Crippen LogP contribution in [0.5, 0.6) is 0 Å². The van der Waals surface area contributed by atoms with E-state index in [1.807, 2.05) is 4.90 Å². The number of nitrogens with one attached hydrogen (secondary N) is 1. The Bertz CT molecular complexity index is 580. The highest BCUT2D eigenvalue weighted by molar-refractivity contribution is 5.94. The number of ether oxygens (including phenoxy) is 1. The molecular formula is C19H26N2O3. The SMILES string of the molecule is C=CCN(C(=O)Nc1cccc(C(=O)OCC)c1)C1CCCCC1. The summed E-state index contributed by atoms with van der Waals surface area (Å²) in [6, 6.07) is 6.93. The zero-order chi connectivity index (χ0) is 17.4. The predicted molar refractivity (Wildman–Crippen MR) is 95.2 cm³/mol. The molecule has 0 unspecified atom stereocenters. The van der Waals surface area contributed by atoms with Crippen LogP contribution in [0.25, 0.3) is 0 Å². The second-order valence-electron chi connectivity index (χ2n) is 5.96. The molecule has 2 amide bonds. The molecule has 1 fully saturated rings. The highest BCUT2D eigenvalue weighted by Crippen LogP contribution is 2.23. The molecule has 0 heterocycles. The van der Waals surface area contributed by atoms with Crippen LogP contribution in [-0.4, -0.2) is 36.1 Å². The molecule has 5 heteroatoms. The van der Waals surface area contributed by atoms with Crippen LogP contribution in [0.15, 0.2) is 36.9 Å². The number of amides is 2. The third-order valence-corrected chi connectivity index (χ3v) is 4.23. The van der Waals surface area contributed by atoms with Crippen molar-refractivity contribution in [1.82, 2.24) is 4.90 Å². The minimum absolute atomic E-state index is 0.150. The van der Waals surface area contributed by atoms with Gasteiger partial charge in [0.15, 0.2) is 0 Å². The molecule has 130 valence electrons. The van der Waals surface area contributed by atoms with Crippen LogP contribution < -0.4 is 5.32 Å². The lowest BCUT2D eigenvalue weighted by Gasteiger charge is -2.33. The van der Waals surface area contributed by atoms with Gasteiger partial charge < -0.3 is 15.0 Å². The lowest BCUT2D eigenvalue weighted by Crippen LogP contribution is -2.43. The molecule has 2 rings (SSSR count). The summed E-state index contributed by atoms with van der Waals surface area (Å²) in [5.74, 6) is -0.385. The highest BCUT2D eigenvalue weighted by atomic mass is 16.5. The summed E-state index contributed by atoms with van der Waals surface area (Å²) >= 11 is 0. The van der Waals surface area contributed by atoms with Gasteiger partial charge in [-0.1, -0.05) is 31.4 Å². The van der Waals surface area contributed by atoms with Crippen LogP contribution in [0.4, 0.5) is 10.5 Å². The third kappa shape index (κ3) is 4.85. The minimum Gasteiger partial charge on any atom is -0.462 e. The molecule has 0 spiro atoms. The molecule has 1 saturated carbocycles. The van der Waals surface area contributed by atoms with Gasteiger partial charge in [-0.15, -0.1) is 6.58 Å². The van der Waals surface area contributed by atoms with Crippen molar-refractivity contribution in [2.45, 2.75) is 45.1 Å². The molecule has 0 aromatic heterocycles. The van der Waals surface area contributed by atoms with Gasteiger partial charge in [0.2, 0.25) is 0 Å². The zero-order valence-electron chi connectivity index (χ0n) is 14.3. The van der Waals surface area contributed by atoms with E-state index in [9.17, 15) is 9.59 Å². The molecule has 5 nitrogen and oxygen atoms in total. The van der Waals surface area contributed by atoms with E-state index in [0.717, 1.165) is 25.7 Å². The van der Waals surface area contributed by atoms with Crippen LogP contribution in [0.3, 0.4) is 0 Å². The van der Waals surface area contributed by atoms with Crippen molar-refractivity contribution < 1.29 is 14.3 Å². The summed E-state index contributed by atoms with van der Waals surface area (Å²) in [5.41, 5.74) is 1.03. The number of nitrogens with zero attached hydrogens (tertiary/aromatic N) is 1. The van der Waals surface area contributed by atoms with Crippen molar-refractivity contribution >= 4 is 17.7 Å². The molecule has 0 aliphatic heterocycles. The first-order valence-electron chi connectivity index (χ1n) is 8.61. The monoisotopic (exact) mass is 330 g/mol. The fourth-order valence-electron chi connectivity index (χ4n) is 3.06. The van der Waals surface area contributed by atoms with Crippen molar-refractivity contribution in [1.29, 1.82) is 0 Å². The van der Waals surface area contributed by atoms with E-state index in [-0.39, 0.29) is 18.0 Å². The van der Waals surface area contributed by atoms with E-state index in [4.69, 9.17) is 4.74 Å². The fourth-order valence-corrected chi connectivity index (χ4v) is 3.06. The zero-order valence-corrected chi connectivity index (χ0v) is 14.3. The lowest BCUT2D eigenvalue weighted by molar-refractivity contribution is 0.0526. The minimum atomic E-state index is -0.385. The molecule has 1 N–H and O–H groups in total. The van der Waals surface area contributed by atoms with E-state index in [0.29, 0.717) is 24.4 Å². The Kier molecular flexibility index (Phi) is 6.85. The molecule has 0 atom stereocenters. The molecule has 1 aliphatic rings. The number of carbonyl (C=O) groups excluding carboxylic acids is 2. The Labute approximate surface area is 143 Å². The van der Waals surface area contributed by atoms with Crippen molar-refractivity contribution in [3.05, 3.63) is 42.5 Å². The van der Waals surface area contributed by atoms with Crippen LogP contribution in [-0.2, 0) is 4.74 Å². The van der Waals surface area contributed by atoms with Gasteiger partial charge in [-0.05, 0) is 38.0 Å². The van der Waals surface area contributed by atoms with E-state index < -0.39 is 0 Å². The van der Waals surface area contributed by atoms with E-state index in [1.165, 1.54) is 6.42 Å². The van der Waals surface area contributed by atoms with Crippen LogP contribution >= 0.6 is 0 Å². The molecule has 1 aliphatic carbocycles. The van der Waals surface area contributed by atoms with Crippen LogP contribution in [0.1, 0.15) is 49.4 Å². The van der Waals surface area contributed by atoms with Gasteiger partial charge in [0.25, 0.3) is 0 Å². The quantitative estimate of drug-likeness (QED) is 0.628. The normalized spacial score (nSPS) is 14.7. The van der Waals surface area contributed by atoms with Crippen molar-refractivity contribution in [3.8, 4) is 0 Å². The van der Waals surface area contributed by atoms with Gasteiger partial charge >= 0.3 is 12.0 Å². The number of hydrogen-bond donors (Lipinski definition) is 1. The maximum atomic E-state index is 12.7. The number of rotatable bonds is 6. The molecule has 1 aromatic carbocycles. The molecule has 0 radical (unpaired) electrons. The summed E-state index contributed by atoms with van der Waals surface area (Å²) in [6.45, 7) is 6.37. The molecular weight excluding hydrogens is 304 g/mol. The lowest BCUT2D eigenvalue weighted by atomic mass is 9.94. The number of carbonyl (C=O) groups is 2. The first kappa shape index (κ1) is 18.0. The fraction of sp³-hybridized carbons (Fsp3) is 0.474. The number of urea groups is 1. The summed E-state index contributed by atoms with van der Waals surface area (Å²) in [7, 11) is 0. The topological polar surface area (TPSA) is 58.6 Å². The second-order valence-corrected chi connectivity index (χ2v) is 5.96. The van der Waals surface area contributed by atoms with Crippen molar-refractivity contribution in [3.63, 3.8) is 0 Å². The number of anilines is 1. The first-order chi connectivity index (χ1) is 11.7. The van der Waals surface area contributed by atoms with Crippen molar-refractivity contribution in [2.75, 3.05) is 18.5 Å². The Morgan fingerprint density at radius 2 is 2.08 bits per heavy atom. The van der Waals surface area contributed by atoms with Gasteiger partial charge in [0.05, 0.1) is 12.2 Å². The smallest absolute Gasteiger partial charge is 0.338 e. The van der Waals surface area contributed by atoms with Crippen LogP contribution in [0.2, 0.25) is 0 Å². The van der Waals surface area contributed by atoms with Gasteiger partial charge in [-0.25, -0.2) is 9.59 Å². The van der Waals surface area contributed by atoms with E-state index in [2.05, 4.69) is 11.9 Å². The summed E-state index contributed by atoms with van der Waals surface area (Å²) < 4.78 is 4.99. The maximum absolute atomic E-state index is 12.7. The molecule has 1 aromatic rings. The third-order valence-electron chi connectivity index (χ3n) is 4.23. The second kappa shape index (κ2) is 9.11. The Morgan fingerprint density at radius 3 is 2.75 bits per heavy atom. The summed E-state index contributed by atoms with van der Waals surface area (Å²) in [4.78, 5) is 26.3. The van der Waals surface area contributed by atoms with E-state index >= 15 is 0 Å². The standard InChI is InChI=1S/C19H26N2O3/c1-3-13-21(17-11-6-5-7-12-17)19(23)20-16-10-8-9-15(14-16)18(22)24-4-2/h3,8-10,14,17H,1,4-7,11-13H2,2H3,(H,20,23). The Balaban J connectivity index is 2.07. The number of hydrogen-bond acceptors (Lipinski definition) is 3. The van der Waals surface area contributed by atoms with E-state index in [1.54, 1.807) is 37.3 Å². The first-order valence-corrected chi connectivity index (χ1v) is 8.61. The van der Waals surface area contributed by atoms with Crippen molar-refractivity contribution in [2.24, 2.45) is 0 Å². The van der Waals surface area contributed by atoms with Gasteiger partial charge in [0.1, 0.15) is 0 Å². The largest absolute Gasteiger partial charge is 0.462 e. The predicted octanol–water partition coefficient (Wildman–Crippen LogP) is 4.22. The molecule has 24 heavy (non-hydrogen) atoms. The number of benzene rings is 1. The Morgan fingerprint density at radius 1 is 1.33 bits per heavy atom. The number of esters is 1. The average Bonchev–Trinajstić information content (AvgIpc) is 2.60. The van der Waals surface area contributed by atoms with Gasteiger partial charge in [-0.2, -0.15) is 0 Å². The highest BCUT2D eigenvalue weighted by Gasteiger charge is 2.24. The average molecular weight is 330 g/mol. The molecule has 0 saturated heterocycles.